The minimum atomic E-state index is -2.45. The van der Waals surface area contributed by atoms with Crippen LogP contribution in [0.2, 0.25) is 10.5 Å². The second-order valence-electron chi connectivity index (χ2n) is 6.06. The van der Waals surface area contributed by atoms with Crippen molar-refractivity contribution in [2.24, 2.45) is 0 Å². The number of fused-ring (bicyclic) bond motifs is 3. The van der Waals surface area contributed by atoms with Gasteiger partial charge in [0.15, 0.2) is 0 Å². The molecule has 3 rings (SSSR count). The average molecular weight is 373 g/mol. The van der Waals surface area contributed by atoms with Gasteiger partial charge in [-0.15, -0.1) is 0 Å². The van der Waals surface area contributed by atoms with Gasteiger partial charge >= 0.3 is 117 Å². The summed E-state index contributed by atoms with van der Waals surface area (Å²) in [7, 11) is 0. The molecule has 0 spiro atoms. The van der Waals surface area contributed by atoms with E-state index in [0.717, 1.165) is 6.41 Å². The number of nitrogens with one attached hydrogen (secondary N) is 1. The Hall–Kier alpha value is -1.68. The van der Waals surface area contributed by atoms with Crippen LogP contribution in [-0.4, -0.2) is 17.4 Å². The van der Waals surface area contributed by atoms with Crippen molar-refractivity contribution in [3.05, 3.63) is 85.0 Å². The summed E-state index contributed by atoms with van der Waals surface area (Å²) in [4.78, 5) is 10.9. The fourth-order valence-electron chi connectivity index (χ4n) is 3.17. The third-order valence-electron chi connectivity index (χ3n) is 4.15. The van der Waals surface area contributed by atoms with Gasteiger partial charge in [-0.05, 0) is 11.0 Å². The molecule has 0 radical (unpaired) electrons. The van der Waals surface area contributed by atoms with Crippen LogP contribution in [0.15, 0.2) is 73.8 Å². The number of rotatable bonds is 4. The Kier molecular flexibility index (Phi) is 7.62. The van der Waals surface area contributed by atoms with Crippen LogP contribution < -0.4 is 3.80 Å². The Balaban J connectivity index is 0.000000522. The average Bonchev–Trinajstić information content (AvgIpc) is 2.90. The van der Waals surface area contributed by atoms with E-state index in [-0.39, 0.29) is 11.0 Å². The quantitative estimate of drug-likeness (QED) is 0.496. The Bertz CT molecular complexity index is 676. The van der Waals surface area contributed by atoms with E-state index in [1.807, 2.05) is 0 Å². The fourth-order valence-corrected chi connectivity index (χ4v) is 7.12. The van der Waals surface area contributed by atoms with Crippen molar-refractivity contribution in [1.29, 1.82) is 0 Å². The molecule has 0 atom stereocenters. The molecule has 1 aliphatic rings. The molecule has 0 saturated carbocycles. The van der Waals surface area contributed by atoms with E-state index < -0.39 is 16.8 Å². The molecule has 2 aromatic rings. The van der Waals surface area contributed by atoms with Crippen LogP contribution in [0.4, 0.5) is 0 Å². The molecule has 2 aromatic carbocycles. The van der Waals surface area contributed by atoms with E-state index >= 15 is 0 Å². The number of benzene rings is 2. The van der Waals surface area contributed by atoms with Crippen LogP contribution >= 0.6 is 0 Å². The van der Waals surface area contributed by atoms with Gasteiger partial charge < -0.3 is 0 Å². The largest absolute Gasteiger partial charge is 0.0149 e. The normalized spacial score (nSPS) is 11.8. The first kappa shape index (κ1) is 20.4. The van der Waals surface area contributed by atoms with E-state index in [4.69, 9.17) is 0 Å². The number of amides is 1. The zero-order valence-corrected chi connectivity index (χ0v) is 15.3. The topological polar surface area (TPSA) is 29.1 Å². The van der Waals surface area contributed by atoms with Crippen molar-refractivity contribution < 1.29 is 21.6 Å². The van der Waals surface area contributed by atoms with Crippen molar-refractivity contribution >= 4 is 17.4 Å². The van der Waals surface area contributed by atoms with E-state index in [1.54, 1.807) is 12.2 Å². The van der Waals surface area contributed by atoms with E-state index in [0.29, 0.717) is 4.22 Å². The van der Waals surface area contributed by atoms with E-state index in [1.165, 1.54) is 22.3 Å². The minimum absolute atomic E-state index is 0. The fraction of sp³-hybridized carbons (Fsp3) is 0.150. The summed E-state index contributed by atoms with van der Waals surface area (Å²) in [5.74, 6) is 0. The molecule has 126 valence electrons. The number of carbonyl (C=O) groups is 1. The van der Waals surface area contributed by atoms with Crippen molar-refractivity contribution in [2.45, 2.75) is 14.7 Å². The third-order valence-corrected chi connectivity index (χ3v) is 8.72. The number of hydrogen-bond acceptors (Lipinski definition) is 1. The number of carbonyl (C=O) groups excluding carboxylic acids is 1. The van der Waals surface area contributed by atoms with Gasteiger partial charge in [0.25, 0.3) is 0 Å². The molecule has 0 aliphatic heterocycles. The molecule has 0 heterocycles. The van der Waals surface area contributed by atoms with Gasteiger partial charge in [0.1, 0.15) is 0 Å². The molecule has 1 aliphatic carbocycles. The summed E-state index contributed by atoms with van der Waals surface area (Å²) in [6.07, 6.45) is 4.16. The molecule has 0 saturated heterocycles. The molecular weight excluding hydrogens is 346 g/mol. The Morgan fingerprint density at radius 3 is 1.71 bits per heavy atom. The van der Waals surface area contributed by atoms with Crippen LogP contribution in [0, 0.1) is 0 Å². The molecule has 4 heteroatoms. The predicted octanol–water partition coefficient (Wildman–Crippen LogP) is 3.57. The van der Waals surface area contributed by atoms with Gasteiger partial charge in [-0.25, -0.2) is 0 Å². The van der Waals surface area contributed by atoms with Crippen molar-refractivity contribution in [3.8, 4) is 11.1 Å². The van der Waals surface area contributed by atoms with Gasteiger partial charge in [-0.2, -0.15) is 0 Å². The molecule has 1 N–H and O–H groups in total. The maximum atomic E-state index is 10.9. The van der Waals surface area contributed by atoms with Gasteiger partial charge in [-0.1, -0.05) is 25.3 Å². The summed E-state index contributed by atoms with van der Waals surface area (Å²) in [6, 6.07) is 17.2. The monoisotopic (exact) mass is 373 g/mol. The number of allylic oxidation sites excluding steroid dienone is 2. The zero-order chi connectivity index (χ0) is 16.9. The third kappa shape index (κ3) is 4.04. The molecule has 1 amide bonds. The first-order valence-electron chi connectivity index (χ1n) is 7.69. The van der Waals surface area contributed by atoms with Crippen LogP contribution in [-0.2, 0) is 21.6 Å². The standard InChI is InChI=1S/C13H9.C4H6.CH3NO.2CH3.H4Si.Ti/c1-3-7-12-10(5-1)9-11-6-2-4-8-13(11)12;1-3-4-2;2-1-3;;;;/h1-9H;3-4H,1-2H2;1H,(H2,2,3);2*1H3;1H4;/q;;;;;;+1/p-1. The molecule has 0 unspecified atom stereocenters. The van der Waals surface area contributed by atoms with E-state index in [9.17, 15) is 4.79 Å². The van der Waals surface area contributed by atoms with Crippen molar-refractivity contribution in [3.63, 3.8) is 0 Å². The predicted molar refractivity (Wildman–Crippen MR) is 106 cm³/mol. The smallest absolute Gasteiger partial charge is 0.0149 e. The second kappa shape index (κ2) is 8.97. The van der Waals surface area contributed by atoms with Crippen LogP contribution in [0.25, 0.3) is 11.1 Å². The van der Waals surface area contributed by atoms with Crippen molar-refractivity contribution in [1.82, 2.24) is 3.80 Å². The molecule has 2 nitrogen and oxygen atoms in total. The summed E-state index contributed by atoms with van der Waals surface area (Å²) < 4.78 is 3.54. The molecule has 0 aromatic heterocycles. The Morgan fingerprint density at radius 1 is 0.917 bits per heavy atom. The van der Waals surface area contributed by atoms with E-state index in [2.05, 4.69) is 75.9 Å². The summed E-state index contributed by atoms with van der Waals surface area (Å²) in [6.45, 7) is 6.72. The van der Waals surface area contributed by atoms with Crippen LogP contribution in [0.3, 0.4) is 0 Å². The van der Waals surface area contributed by atoms with Gasteiger partial charge in [-0.3, -0.25) is 0 Å². The Morgan fingerprint density at radius 2 is 1.33 bits per heavy atom. The molecular formula is C20H27NOSiTi. The second-order valence-corrected chi connectivity index (χ2v) is 12.8. The number of hydrogen-bond donors (Lipinski definition) is 1. The summed E-state index contributed by atoms with van der Waals surface area (Å²) in [5.41, 5.74) is 5.41. The molecule has 0 bridgehead atoms. The summed E-state index contributed by atoms with van der Waals surface area (Å²) >= 11 is -2.45. The Labute approximate surface area is 153 Å². The SMILES string of the molecule is C=CC=C.[CH3][Ti]([CH3])([NH]C=O)[CH]1c2ccccc2-c2ccccc21.[SiH4]. The van der Waals surface area contributed by atoms with Gasteiger partial charge in [0.2, 0.25) is 0 Å². The first-order chi connectivity index (χ1) is 11.1. The van der Waals surface area contributed by atoms with Gasteiger partial charge in [0.05, 0.1) is 0 Å². The molecule has 24 heavy (non-hydrogen) atoms. The maximum absolute atomic E-state index is 10.9. The zero-order valence-electron chi connectivity index (χ0n) is 13.8. The molecule has 0 fully saturated rings. The van der Waals surface area contributed by atoms with Crippen LogP contribution in [0.5, 0.6) is 0 Å². The van der Waals surface area contributed by atoms with Crippen molar-refractivity contribution in [2.75, 3.05) is 0 Å². The minimum Gasteiger partial charge on any atom is -0.0149 e. The van der Waals surface area contributed by atoms with Crippen LogP contribution in [0.1, 0.15) is 15.3 Å². The maximum Gasteiger partial charge on any atom is -0.0149 e. The van der Waals surface area contributed by atoms with Gasteiger partial charge in [0, 0.05) is 0 Å². The first-order valence-corrected chi connectivity index (χ1v) is 12.5. The summed E-state index contributed by atoms with van der Waals surface area (Å²) in [5, 5.41) is 4.52.